The van der Waals surface area contributed by atoms with E-state index in [1.54, 1.807) is 20.8 Å². The number of hydrogen-bond acceptors (Lipinski definition) is 3. The van der Waals surface area contributed by atoms with Crippen molar-refractivity contribution in [3.8, 4) is 0 Å². The van der Waals surface area contributed by atoms with Gasteiger partial charge < -0.3 is 9.05 Å². The van der Waals surface area contributed by atoms with Crippen molar-refractivity contribution in [2.45, 2.75) is 40.3 Å². The summed E-state index contributed by atoms with van der Waals surface area (Å²) in [6.07, 6.45) is -4.23. The number of halogens is 3. The minimum absolute atomic E-state index is 0.0272. The van der Waals surface area contributed by atoms with Gasteiger partial charge >= 0.3 is 13.8 Å². The molecule has 1 atom stereocenters. The van der Waals surface area contributed by atoms with Gasteiger partial charge in [-0.15, -0.1) is 0 Å². The Kier molecular flexibility index (Phi) is 7.18. The van der Waals surface area contributed by atoms with E-state index in [9.17, 15) is 17.7 Å². The number of allylic oxidation sites excluding steroid dienone is 1. The van der Waals surface area contributed by atoms with Crippen LogP contribution in [-0.4, -0.2) is 19.4 Å². The number of rotatable bonds is 7. The lowest BCUT2D eigenvalue weighted by Crippen LogP contribution is -2.18. The normalized spacial score (nSPS) is 15.8. The molecule has 0 amide bonds. The van der Waals surface area contributed by atoms with Gasteiger partial charge in [-0.3, -0.25) is 4.57 Å². The molecule has 0 heterocycles. The second kappa shape index (κ2) is 7.31. The Labute approximate surface area is 106 Å². The summed E-state index contributed by atoms with van der Waals surface area (Å²) in [7, 11) is -3.82. The minimum atomic E-state index is -4.53. The van der Waals surface area contributed by atoms with Crippen molar-refractivity contribution in [1.82, 2.24) is 0 Å². The topological polar surface area (TPSA) is 35.5 Å². The molecule has 0 saturated carbocycles. The summed E-state index contributed by atoms with van der Waals surface area (Å²) >= 11 is 0. The van der Waals surface area contributed by atoms with E-state index in [-0.39, 0.29) is 13.2 Å². The summed E-state index contributed by atoms with van der Waals surface area (Å²) < 4.78 is 60.4. The highest BCUT2D eigenvalue weighted by atomic mass is 31.2. The molecule has 3 nitrogen and oxygen atoms in total. The molecule has 0 spiro atoms. The molecule has 0 N–H and O–H groups in total. The average Bonchev–Trinajstić information content (AvgIpc) is 2.24. The van der Waals surface area contributed by atoms with Gasteiger partial charge in [0.25, 0.3) is 0 Å². The molecule has 18 heavy (non-hydrogen) atoms. The maximum Gasteiger partial charge on any atom is 0.413 e. The Bertz CT molecular complexity index is 316. The zero-order valence-corrected chi connectivity index (χ0v) is 12.0. The molecular weight excluding hydrogens is 268 g/mol. The zero-order valence-electron chi connectivity index (χ0n) is 11.1. The second-order valence-corrected chi connectivity index (χ2v) is 5.62. The zero-order chi connectivity index (χ0) is 14.4. The van der Waals surface area contributed by atoms with Crippen molar-refractivity contribution < 1.29 is 26.8 Å². The first kappa shape index (κ1) is 17.7. The Morgan fingerprint density at radius 3 is 1.94 bits per heavy atom. The fourth-order valence-electron chi connectivity index (χ4n) is 1.34. The summed E-state index contributed by atoms with van der Waals surface area (Å²) in [6, 6.07) is 0. The molecular formula is C11H20F3O3P. The summed E-state index contributed by atoms with van der Waals surface area (Å²) in [5.41, 5.74) is -0.852. The Balaban J connectivity index is 5.42. The summed E-state index contributed by atoms with van der Waals surface area (Å²) in [5, 5.41) is 0. The van der Waals surface area contributed by atoms with Crippen LogP contribution in [0, 0.1) is 5.92 Å². The first-order valence-corrected chi connectivity index (χ1v) is 7.50. The lowest BCUT2D eigenvalue weighted by atomic mass is 10.00. The van der Waals surface area contributed by atoms with Gasteiger partial charge in [0.15, 0.2) is 0 Å². The van der Waals surface area contributed by atoms with Crippen molar-refractivity contribution in [2.24, 2.45) is 5.92 Å². The molecule has 0 bridgehead atoms. The van der Waals surface area contributed by atoms with Gasteiger partial charge in [0.1, 0.15) is 0 Å². The summed E-state index contributed by atoms with van der Waals surface area (Å²) in [5.74, 6) is -0.131. The van der Waals surface area contributed by atoms with Crippen LogP contribution >= 0.6 is 7.60 Å². The van der Waals surface area contributed by atoms with Crippen molar-refractivity contribution in [2.75, 3.05) is 13.2 Å². The van der Waals surface area contributed by atoms with E-state index in [4.69, 9.17) is 9.05 Å². The van der Waals surface area contributed by atoms with Gasteiger partial charge in [0.2, 0.25) is 0 Å². The molecule has 0 rings (SSSR count). The minimum Gasteiger partial charge on any atom is -0.306 e. The molecule has 7 heteroatoms. The predicted molar refractivity (Wildman–Crippen MR) is 64.5 cm³/mol. The second-order valence-electron chi connectivity index (χ2n) is 3.77. The maximum atomic E-state index is 12.9. The predicted octanol–water partition coefficient (Wildman–Crippen LogP) is 4.74. The van der Waals surface area contributed by atoms with E-state index in [0.717, 1.165) is 0 Å². The van der Waals surface area contributed by atoms with Crippen LogP contribution in [0.3, 0.4) is 0 Å². The van der Waals surface area contributed by atoms with Crippen LogP contribution in [-0.2, 0) is 13.6 Å². The van der Waals surface area contributed by atoms with Crippen LogP contribution in [0.1, 0.15) is 34.1 Å². The molecule has 0 aliphatic carbocycles. The van der Waals surface area contributed by atoms with E-state index >= 15 is 0 Å². The van der Waals surface area contributed by atoms with Gasteiger partial charge in [-0.1, -0.05) is 13.8 Å². The van der Waals surface area contributed by atoms with Crippen molar-refractivity contribution in [3.63, 3.8) is 0 Å². The van der Waals surface area contributed by atoms with Gasteiger partial charge in [-0.05, 0) is 26.2 Å². The summed E-state index contributed by atoms with van der Waals surface area (Å²) in [6.45, 7) is 6.23. The average molecular weight is 288 g/mol. The van der Waals surface area contributed by atoms with E-state index in [2.05, 4.69) is 0 Å². The molecule has 1 unspecified atom stereocenters. The van der Waals surface area contributed by atoms with Gasteiger partial charge in [-0.25, -0.2) is 0 Å². The molecule has 0 aromatic rings. The van der Waals surface area contributed by atoms with Gasteiger partial charge in [0.05, 0.1) is 13.2 Å². The van der Waals surface area contributed by atoms with Gasteiger partial charge in [-0.2, -0.15) is 13.2 Å². The lowest BCUT2D eigenvalue weighted by Gasteiger charge is -2.20. The molecule has 0 aromatic heterocycles. The fraction of sp³-hybridized carbons (Fsp3) is 0.818. The number of hydrogen-bond donors (Lipinski definition) is 0. The fourth-order valence-corrected chi connectivity index (χ4v) is 3.03. The van der Waals surface area contributed by atoms with Crippen LogP contribution in [0.15, 0.2) is 11.4 Å². The standard InChI is InChI=1S/C11H20F3O3P/c1-5-9(4)10(11(12,13)14)8-18(15,16-6-2)17-7-3/h8-9H,5-7H2,1-4H3/b10-8-. The largest absolute Gasteiger partial charge is 0.413 e. The summed E-state index contributed by atoms with van der Waals surface area (Å²) in [4.78, 5) is 0. The third-order valence-electron chi connectivity index (χ3n) is 2.39. The van der Waals surface area contributed by atoms with Crippen LogP contribution in [0.2, 0.25) is 0 Å². The van der Waals surface area contributed by atoms with Crippen LogP contribution in [0.5, 0.6) is 0 Å². The van der Waals surface area contributed by atoms with E-state index in [1.165, 1.54) is 6.92 Å². The van der Waals surface area contributed by atoms with E-state index < -0.39 is 25.3 Å². The molecule has 108 valence electrons. The quantitative estimate of drug-likeness (QED) is 0.634. The number of alkyl halides is 3. The van der Waals surface area contributed by atoms with Gasteiger partial charge in [0, 0.05) is 11.4 Å². The molecule has 0 aliphatic heterocycles. The monoisotopic (exact) mass is 288 g/mol. The smallest absolute Gasteiger partial charge is 0.306 e. The molecule has 0 aliphatic rings. The first-order chi connectivity index (χ1) is 8.20. The highest BCUT2D eigenvalue weighted by Gasteiger charge is 2.39. The lowest BCUT2D eigenvalue weighted by molar-refractivity contribution is -0.0984. The highest BCUT2D eigenvalue weighted by Crippen LogP contribution is 2.53. The molecule has 0 aromatic carbocycles. The highest BCUT2D eigenvalue weighted by molar-refractivity contribution is 7.57. The van der Waals surface area contributed by atoms with E-state index in [0.29, 0.717) is 12.2 Å². The van der Waals surface area contributed by atoms with Crippen LogP contribution in [0.25, 0.3) is 0 Å². The SMILES string of the molecule is CCOP(=O)(/C=C(/C(C)CC)C(F)(F)F)OCC. The molecule has 0 radical (unpaired) electrons. The molecule has 0 fully saturated rings. The third-order valence-corrected chi connectivity index (χ3v) is 4.22. The van der Waals surface area contributed by atoms with Crippen LogP contribution in [0.4, 0.5) is 13.2 Å². The Hall–Kier alpha value is -0.320. The van der Waals surface area contributed by atoms with Crippen molar-refractivity contribution in [1.29, 1.82) is 0 Å². The maximum absolute atomic E-state index is 12.9. The first-order valence-electron chi connectivity index (χ1n) is 5.88. The Morgan fingerprint density at radius 2 is 1.67 bits per heavy atom. The van der Waals surface area contributed by atoms with Crippen molar-refractivity contribution >= 4 is 7.60 Å². The van der Waals surface area contributed by atoms with Crippen LogP contribution < -0.4 is 0 Å². The molecule has 0 saturated heterocycles. The third kappa shape index (κ3) is 5.55. The Morgan fingerprint density at radius 1 is 1.22 bits per heavy atom. The van der Waals surface area contributed by atoms with Crippen molar-refractivity contribution in [3.05, 3.63) is 11.4 Å². The van der Waals surface area contributed by atoms with E-state index in [1.807, 2.05) is 0 Å².